The van der Waals surface area contributed by atoms with Gasteiger partial charge < -0.3 is 14.4 Å². The normalized spacial score (nSPS) is 24.1. The third-order valence-corrected chi connectivity index (χ3v) is 4.80. The van der Waals surface area contributed by atoms with E-state index in [9.17, 15) is 9.59 Å². The van der Waals surface area contributed by atoms with Crippen LogP contribution in [0.3, 0.4) is 0 Å². The lowest BCUT2D eigenvalue weighted by atomic mass is 9.86. The average molecular weight is 345 g/mol. The van der Waals surface area contributed by atoms with Crippen LogP contribution in [0.25, 0.3) is 0 Å². The molecule has 1 fully saturated rings. The largest absolute Gasteiger partial charge is 0.492 e. The van der Waals surface area contributed by atoms with E-state index in [1.807, 2.05) is 39.0 Å². The van der Waals surface area contributed by atoms with Crippen molar-refractivity contribution in [2.24, 2.45) is 5.92 Å². The molecule has 2 heterocycles. The van der Waals surface area contributed by atoms with Gasteiger partial charge >= 0.3 is 6.09 Å². The van der Waals surface area contributed by atoms with Gasteiger partial charge in [-0.05, 0) is 45.7 Å². The Bertz CT molecular complexity index is 649. The predicted octanol–water partition coefficient (Wildman–Crippen LogP) is 4.06. The molecule has 1 aromatic rings. The molecule has 0 saturated carbocycles. The van der Waals surface area contributed by atoms with Gasteiger partial charge in [-0.1, -0.05) is 25.0 Å². The number of carbonyl (C=O) groups excluding carboxylic acids is 2. The second kappa shape index (κ2) is 7.06. The molecule has 5 nitrogen and oxygen atoms in total. The molecule has 1 aromatic carbocycles. The zero-order valence-corrected chi connectivity index (χ0v) is 15.3. The molecule has 2 aliphatic rings. The molecule has 0 bridgehead atoms. The van der Waals surface area contributed by atoms with Gasteiger partial charge in [0.15, 0.2) is 5.78 Å². The number of fused-ring (bicyclic) bond motifs is 1. The summed E-state index contributed by atoms with van der Waals surface area (Å²) in [6.07, 6.45) is 3.49. The second-order valence-electron chi connectivity index (χ2n) is 7.87. The number of nitrogens with zero attached hydrogens (tertiary/aromatic N) is 1. The number of para-hydroxylation sites is 1. The predicted molar refractivity (Wildman–Crippen MR) is 95.0 cm³/mol. The number of hydrogen-bond donors (Lipinski definition) is 0. The highest BCUT2D eigenvalue weighted by atomic mass is 16.6. The molecule has 0 aliphatic carbocycles. The summed E-state index contributed by atoms with van der Waals surface area (Å²) >= 11 is 0. The van der Waals surface area contributed by atoms with Crippen molar-refractivity contribution >= 4 is 11.9 Å². The van der Waals surface area contributed by atoms with Gasteiger partial charge in [-0.15, -0.1) is 0 Å². The minimum Gasteiger partial charge on any atom is -0.492 e. The highest BCUT2D eigenvalue weighted by Crippen LogP contribution is 2.33. The number of ketones is 1. The minimum absolute atomic E-state index is 0.0716. The molecule has 0 unspecified atom stereocenters. The van der Waals surface area contributed by atoms with Crippen LogP contribution in [0.15, 0.2) is 24.3 Å². The summed E-state index contributed by atoms with van der Waals surface area (Å²) in [5.41, 5.74) is 0.0697. The molecule has 0 N–H and O–H groups in total. The highest BCUT2D eigenvalue weighted by Gasteiger charge is 2.41. The topological polar surface area (TPSA) is 55.8 Å². The Balaban J connectivity index is 1.85. The standard InChI is InChI=1S/C20H27NO4/c1-20(2,3)25-19(23)21-12-8-4-5-10-16(21)15-13-24-17-11-7-6-9-14(17)18(15)22/h6-7,9,11,15-16H,4-5,8,10,12-13H2,1-3H3/t15-,16+/m1/s1. The number of hydrogen-bond acceptors (Lipinski definition) is 4. The van der Waals surface area contributed by atoms with Gasteiger partial charge in [-0.3, -0.25) is 4.79 Å². The number of rotatable bonds is 1. The molecule has 1 amide bonds. The Labute approximate surface area is 149 Å². The summed E-state index contributed by atoms with van der Waals surface area (Å²) in [6.45, 7) is 6.54. The van der Waals surface area contributed by atoms with Crippen molar-refractivity contribution in [3.8, 4) is 5.75 Å². The molecular weight excluding hydrogens is 318 g/mol. The summed E-state index contributed by atoms with van der Waals surface area (Å²) in [6, 6.07) is 7.17. The summed E-state index contributed by atoms with van der Waals surface area (Å²) in [7, 11) is 0. The molecule has 0 aromatic heterocycles. The molecule has 25 heavy (non-hydrogen) atoms. The van der Waals surface area contributed by atoms with E-state index in [-0.39, 0.29) is 23.8 Å². The van der Waals surface area contributed by atoms with Crippen LogP contribution in [0.2, 0.25) is 0 Å². The van der Waals surface area contributed by atoms with Crippen LogP contribution in [0.4, 0.5) is 4.79 Å². The van der Waals surface area contributed by atoms with Crippen molar-refractivity contribution in [2.45, 2.75) is 58.1 Å². The van der Waals surface area contributed by atoms with Gasteiger partial charge in [-0.25, -0.2) is 4.79 Å². The van der Waals surface area contributed by atoms with Gasteiger partial charge in [0.2, 0.25) is 0 Å². The van der Waals surface area contributed by atoms with Crippen molar-refractivity contribution in [1.82, 2.24) is 4.90 Å². The fourth-order valence-corrected chi connectivity index (χ4v) is 3.64. The fraction of sp³-hybridized carbons (Fsp3) is 0.600. The Kier molecular flexibility index (Phi) is 5.02. The van der Waals surface area contributed by atoms with E-state index in [4.69, 9.17) is 9.47 Å². The van der Waals surface area contributed by atoms with Gasteiger partial charge in [0.1, 0.15) is 18.0 Å². The molecule has 0 spiro atoms. The van der Waals surface area contributed by atoms with Crippen LogP contribution >= 0.6 is 0 Å². The van der Waals surface area contributed by atoms with Crippen molar-refractivity contribution in [2.75, 3.05) is 13.2 Å². The number of likely N-dealkylation sites (tertiary alicyclic amines) is 1. The SMILES string of the molecule is CC(C)(C)OC(=O)N1CCCCC[C@H]1[C@H]1COc2ccccc2C1=O. The van der Waals surface area contributed by atoms with Crippen LogP contribution in [0, 0.1) is 5.92 Å². The van der Waals surface area contributed by atoms with Crippen LogP contribution in [0.1, 0.15) is 56.8 Å². The van der Waals surface area contributed by atoms with Crippen molar-refractivity contribution in [3.05, 3.63) is 29.8 Å². The second-order valence-corrected chi connectivity index (χ2v) is 7.87. The Hall–Kier alpha value is -2.04. The lowest BCUT2D eigenvalue weighted by Crippen LogP contribution is -2.50. The molecule has 2 atom stereocenters. The number of ether oxygens (including phenoxy) is 2. The molecule has 0 radical (unpaired) electrons. The smallest absolute Gasteiger partial charge is 0.410 e. The van der Waals surface area contributed by atoms with Crippen LogP contribution < -0.4 is 4.74 Å². The van der Waals surface area contributed by atoms with E-state index in [2.05, 4.69) is 0 Å². The van der Waals surface area contributed by atoms with E-state index in [1.165, 1.54) is 0 Å². The Morgan fingerprint density at radius 3 is 2.72 bits per heavy atom. The first-order valence-electron chi connectivity index (χ1n) is 9.12. The fourth-order valence-electron chi connectivity index (χ4n) is 3.64. The summed E-state index contributed by atoms with van der Waals surface area (Å²) < 4.78 is 11.4. The van der Waals surface area contributed by atoms with Gasteiger partial charge in [0.05, 0.1) is 11.5 Å². The molecule has 136 valence electrons. The molecule has 2 aliphatic heterocycles. The van der Waals surface area contributed by atoms with Crippen LogP contribution in [-0.4, -0.2) is 41.6 Å². The van der Waals surface area contributed by atoms with E-state index in [0.29, 0.717) is 24.5 Å². The van der Waals surface area contributed by atoms with Crippen molar-refractivity contribution < 1.29 is 19.1 Å². The van der Waals surface area contributed by atoms with Crippen LogP contribution in [-0.2, 0) is 4.74 Å². The van der Waals surface area contributed by atoms with Gasteiger partial charge in [-0.2, -0.15) is 0 Å². The Morgan fingerprint density at radius 1 is 1.20 bits per heavy atom. The number of benzene rings is 1. The molecule has 5 heteroatoms. The lowest BCUT2D eigenvalue weighted by molar-refractivity contribution is 0.00698. The lowest BCUT2D eigenvalue weighted by Gasteiger charge is -2.37. The van der Waals surface area contributed by atoms with E-state index < -0.39 is 5.60 Å². The van der Waals surface area contributed by atoms with Gasteiger partial charge in [0, 0.05) is 12.6 Å². The number of amides is 1. The minimum atomic E-state index is -0.548. The summed E-state index contributed by atoms with van der Waals surface area (Å²) in [5, 5.41) is 0. The maximum Gasteiger partial charge on any atom is 0.410 e. The van der Waals surface area contributed by atoms with E-state index in [0.717, 1.165) is 25.7 Å². The average Bonchev–Trinajstić information content (AvgIpc) is 2.80. The zero-order valence-electron chi connectivity index (χ0n) is 15.3. The summed E-state index contributed by atoms with van der Waals surface area (Å²) in [5.74, 6) is 0.379. The third-order valence-electron chi connectivity index (χ3n) is 4.80. The van der Waals surface area contributed by atoms with E-state index in [1.54, 1.807) is 11.0 Å². The zero-order chi connectivity index (χ0) is 18.0. The molecular formula is C20H27NO4. The third kappa shape index (κ3) is 3.97. The monoisotopic (exact) mass is 345 g/mol. The Morgan fingerprint density at radius 2 is 1.96 bits per heavy atom. The number of carbonyl (C=O) groups is 2. The first kappa shape index (κ1) is 17.8. The van der Waals surface area contributed by atoms with Crippen molar-refractivity contribution in [3.63, 3.8) is 0 Å². The van der Waals surface area contributed by atoms with Crippen LogP contribution in [0.5, 0.6) is 5.75 Å². The summed E-state index contributed by atoms with van der Waals surface area (Å²) in [4.78, 5) is 27.5. The maximum absolute atomic E-state index is 13.0. The first-order valence-corrected chi connectivity index (χ1v) is 9.12. The molecule has 1 saturated heterocycles. The highest BCUT2D eigenvalue weighted by molar-refractivity contribution is 6.01. The molecule has 3 rings (SSSR count). The first-order chi connectivity index (χ1) is 11.9. The number of Topliss-reactive ketones (excluding diaryl/α,β-unsaturated/α-hetero) is 1. The van der Waals surface area contributed by atoms with E-state index >= 15 is 0 Å². The quantitative estimate of drug-likeness (QED) is 0.770. The maximum atomic E-state index is 13.0. The van der Waals surface area contributed by atoms with Gasteiger partial charge in [0.25, 0.3) is 0 Å². The van der Waals surface area contributed by atoms with Crippen molar-refractivity contribution in [1.29, 1.82) is 0 Å².